The van der Waals surface area contributed by atoms with Crippen LogP contribution in [0.25, 0.3) is 0 Å². The molecule has 2 N–H and O–H groups in total. The molecule has 1 aromatic heterocycles. The van der Waals surface area contributed by atoms with Crippen molar-refractivity contribution in [3.05, 3.63) is 82.7 Å². The molecule has 0 aliphatic carbocycles. The molecule has 2 aromatic carbocycles. The first-order chi connectivity index (χ1) is 15.7. The second-order valence-electron chi connectivity index (χ2n) is 7.56. The Bertz CT molecular complexity index is 1310. The van der Waals surface area contributed by atoms with Crippen molar-refractivity contribution in [1.29, 1.82) is 0 Å². The number of ether oxygens (including phenoxy) is 2. The van der Waals surface area contributed by atoms with Crippen LogP contribution >= 0.6 is 23.2 Å². The number of sulfonamides is 1. The second-order valence-corrected chi connectivity index (χ2v) is 9.94. The van der Waals surface area contributed by atoms with Crippen LogP contribution in [-0.4, -0.2) is 27.1 Å². The van der Waals surface area contributed by atoms with Crippen LogP contribution in [-0.2, 0) is 10.0 Å². The topological polar surface area (TPSA) is 94.8 Å². The average molecular weight is 506 g/mol. The summed E-state index contributed by atoms with van der Waals surface area (Å²) >= 11 is 12.6. The van der Waals surface area contributed by atoms with E-state index in [1.165, 1.54) is 31.6 Å². The number of anilines is 1. The van der Waals surface area contributed by atoms with Gasteiger partial charge in [-0.3, -0.25) is 4.98 Å². The standard InChI is InChI=1S/C23H21Cl2N3O4S/c1-14-9-16(13-28(14)17-4-6-18(7-5-17)33(26,29)30)15-3-8-19(24)21(10-15)32-23-20(25)11-27-12-22(23)31-2/h3-8,10-12,16H,1,9,13H2,2H3,(H2,26,29,30)/t16-/m0/s1. The van der Waals surface area contributed by atoms with E-state index in [0.29, 0.717) is 33.8 Å². The number of aromatic nitrogens is 1. The molecule has 7 nitrogen and oxygen atoms in total. The minimum absolute atomic E-state index is 0.0669. The first kappa shape index (κ1) is 23.4. The first-order valence-corrected chi connectivity index (χ1v) is 12.2. The maximum atomic E-state index is 11.5. The Morgan fingerprint density at radius 2 is 1.82 bits per heavy atom. The predicted octanol–water partition coefficient (Wildman–Crippen LogP) is 5.34. The minimum Gasteiger partial charge on any atom is -0.491 e. The molecule has 10 heteroatoms. The zero-order valence-corrected chi connectivity index (χ0v) is 20.0. The maximum absolute atomic E-state index is 11.5. The number of pyridine rings is 1. The summed E-state index contributed by atoms with van der Waals surface area (Å²) in [6, 6.07) is 12.0. The van der Waals surface area contributed by atoms with Crippen molar-refractivity contribution < 1.29 is 17.9 Å². The Labute approximate surface area is 202 Å². The molecule has 4 rings (SSSR count). The van der Waals surface area contributed by atoms with E-state index < -0.39 is 10.0 Å². The van der Waals surface area contributed by atoms with Gasteiger partial charge in [0.15, 0.2) is 11.5 Å². The fourth-order valence-electron chi connectivity index (χ4n) is 3.75. The van der Waals surface area contributed by atoms with Crippen LogP contribution in [0.3, 0.4) is 0 Å². The van der Waals surface area contributed by atoms with E-state index >= 15 is 0 Å². The highest BCUT2D eigenvalue weighted by Crippen LogP contribution is 2.42. The third kappa shape index (κ3) is 4.94. The molecule has 0 spiro atoms. The largest absolute Gasteiger partial charge is 0.491 e. The molecule has 33 heavy (non-hydrogen) atoms. The molecule has 0 bridgehead atoms. The van der Waals surface area contributed by atoms with Gasteiger partial charge in [-0.15, -0.1) is 0 Å². The van der Waals surface area contributed by atoms with Crippen LogP contribution < -0.4 is 19.5 Å². The number of nitrogens with two attached hydrogens (primary N) is 1. The molecule has 1 fully saturated rings. The molecule has 1 aliphatic rings. The Kier molecular flexibility index (Phi) is 6.54. The lowest BCUT2D eigenvalue weighted by Crippen LogP contribution is -2.18. The Hall–Kier alpha value is -2.78. The zero-order valence-electron chi connectivity index (χ0n) is 17.7. The molecule has 0 radical (unpaired) electrons. The molecule has 1 aliphatic heterocycles. The summed E-state index contributed by atoms with van der Waals surface area (Å²) in [5.74, 6) is 1.31. The van der Waals surface area contributed by atoms with Gasteiger partial charge in [0.1, 0.15) is 10.8 Å². The second kappa shape index (κ2) is 9.23. The molecule has 0 unspecified atom stereocenters. The van der Waals surface area contributed by atoms with E-state index in [1.807, 2.05) is 12.1 Å². The van der Waals surface area contributed by atoms with Crippen LogP contribution in [0.15, 0.2) is 72.0 Å². The number of primary sulfonamides is 1. The minimum atomic E-state index is -3.74. The molecule has 1 atom stereocenters. The van der Waals surface area contributed by atoms with Crippen molar-refractivity contribution in [2.24, 2.45) is 5.14 Å². The average Bonchev–Trinajstić information content (AvgIpc) is 3.17. The molecule has 2 heterocycles. The first-order valence-electron chi connectivity index (χ1n) is 9.90. The smallest absolute Gasteiger partial charge is 0.238 e. The number of rotatable bonds is 6. The Balaban J connectivity index is 1.58. The summed E-state index contributed by atoms with van der Waals surface area (Å²) < 4.78 is 34.4. The fourth-order valence-corrected chi connectivity index (χ4v) is 4.61. The van der Waals surface area contributed by atoms with E-state index in [-0.39, 0.29) is 10.8 Å². The monoisotopic (exact) mass is 505 g/mol. The SMILES string of the molecule is C=C1C[C@H](c2ccc(Cl)c(Oc3c(Cl)cncc3OC)c2)CN1c1ccc(S(N)(=O)=O)cc1. The van der Waals surface area contributed by atoms with Crippen molar-refractivity contribution in [3.63, 3.8) is 0 Å². The highest BCUT2D eigenvalue weighted by Gasteiger charge is 2.28. The van der Waals surface area contributed by atoms with E-state index in [2.05, 4.69) is 16.5 Å². The zero-order chi connectivity index (χ0) is 23.8. The number of halogens is 2. The van der Waals surface area contributed by atoms with Crippen LogP contribution in [0.4, 0.5) is 5.69 Å². The van der Waals surface area contributed by atoms with Crippen molar-refractivity contribution in [2.45, 2.75) is 17.2 Å². The molecule has 0 saturated carbocycles. The molecule has 172 valence electrons. The van der Waals surface area contributed by atoms with Gasteiger partial charge in [-0.1, -0.05) is 35.8 Å². The van der Waals surface area contributed by atoms with Crippen LogP contribution in [0, 0.1) is 0 Å². The summed E-state index contributed by atoms with van der Waals surface area (Å²) in [4.78, 5) is 6.12. The lowest BCUT2D eigenvalue weighted by atomic mass is 9.97. The van der Waals surface area contributed by atoms with Gasteiger partial charge < -0.3 is 14.4 Å². The maximum Gasteiger partial charge on any atom is 0.238 e. The molecule has 3 aromatic rings. The van der Waals surface area contributed by atoms with Crippen molar-refractivity contribution in [2.75, 3.05) is 18.6 Å². The highest BCUT2D eigenvalue weighted by molar-refractivity contribution is 7.89. The molecular weight excluding hydrogens is 485 g/mol. The predicted molar refractivity (Wildman–Crippen MR) is 129 cm³/mol. The third-order valence-electron chi connectivity index (χ3n) is 5.42. The number of hydrogen-bond acceptors (Lipinski definition) is 6. The number of allylic oxidation sites excluding steroid dienone is 1. The van der Waals surface area contributed by atoms with Gasteiger partial charge in [0.25, 0.3) is 0 Å². The lowest BCUT2D eigenvalue weighted by Gasteiger charge is -2.20. The third-order valence-corrected chi connectivity index (χ3v) is 6.93. The van der Waals surface area contributed by atoms with Crippen molar-refractivity contribution >= 4 is 38.9 Å². The van der Waals surface area contributed by atoms with Crippen LogP contribution in [0.5, 0.6) is 17.2 Å². The van der Waals surface area contributed by atoms with Gasteiger partial charge in [0, 0.05) is 30.0 Å². The molecule has 1 saturated heterocycles. The molecule has 0 amide bonds. The van der Waals surface area contributed by atoms with Crippen LogP contribution in [0.2, 0.25) is 10.0 Å². The highest BCUT2D eigenvalue weighted by atomic mass is 35.5. The van der Waals surface area contributed by atoms with Crippen LogP contribution in [0.1, 0.15) is 17.9 Å². The summed E-state index contributed by atoms with van der Waals surface area (Å²) in [5, 5.41) is 5.93. The Morgan fingerprint density at radius 3 is 2.48 bits per heavy atom. The summed E-state index contributed by atoms with van der Waals surface area (Å²) in [6.45, 7) is 4.85. The summed E-state index contributed by atoms with van der Waals surface area (Å²) in [7, 11) is -2.24. The van der Waals surface area contributed by atoms with E-state index in [4.69, 9.17) is 37.8 Å². The summed E-state index contributed by atoms with van der Waals surface area (Å²) in [5.41, 5.74) is 2.77. The van der Waals surface area contributed by atoms with E-state index in [0.717, 1.165) is 23.4 Å². The van der Waals surface area contributed by atoms with E-state index in [9.17, 15) is 8.42 Å². The normalized spacial score (nSPS) is 16.2. The molecular formula is C23H21Cl2N3O4S. The number of benzene rings is 2. The number of hydrogen-bond donors (Lipinski definition) is 1. The van der Waals surface area contributed by atoms with Gasteiger partial charge in [-0.25, -0.2) is 13.6 Å². The lowest BCUT2D eigenvalue weighted by molar-refractivity contribution is 0.377. The number of nitrogens with zero attached hydrogens (tertiary/aromatic N) is 2. The van der Waals surface area contributed by atoms with Gasteiger partial charge >= 0.3 is 0 Å². The Morgan fingerprint density at radius 1 is 1.09 bits per heavy atom. The summed E-state index contributed by atoms with van der Waals surface area (Å²) in [6.07, 6.45) is 3.70. The quantitative estimate of drug-likeness (QED) is 0.485. The van der Waals surface area contributed by atoms with Gasteiger partial charge in [-0.2, -0.15) is 0 Å². The van der Waals surface area contributed by atoms with Gasteiger partial charge in [-0.05, 0) is 48.4 Å². The van der Waals surface area contributed by atoms with Crippen molar-refractivity contribution in [3.8, 4) is 17.2 Å². The number of methoxy groups -OCH3 is 1. The van der Waals surface area contributed by atoms with Gasteiger partial charge in [0.2, 0.25) is 10.0 Å². The fraction of sp³-hybridized carbons (Fsp3) is 0.174. The van der Waals surface area contributed by atoms with Crippen molar-refractivity contribution in [1.82, 2.24) is 4.98 Å². The van der Waals surface area contributed by atoms with Gasteiger partial charge in [0.05, 0.1) is 23.2 Å². The van der Waals surface area contributed by atoms with E-state index in [1.54, 1.807) is 18.2 Å².